The molecule has 0 aliphatic carbocycles. The second-order valence-corrected chi connectivity index (χ2v) is 7.12. The molecule has 1 saturated heterocycles. The molecule has 128 valence electrons. The zero-order chi connectivity index (χ0) is 17.1. The summed E-state index contributed by atoms with van der Waals surface area (Å²) in [6.07, 6.45) is 7.95. The number of nitrogens with one attached hydrogen (secondary N) is 1. The Morgan fingerprint density at radius 2 is 2.12 bits per heavy atom. The van der Waals surface area contributed by atoms with Gasteiger partial charge in [0.25, 0.3) is 0 Å². The summed E-state index contributed by atoms with van der Waals surface area (Å²) in [6.45, 7) is 2.82. The van der Waals surface area contributed by atoms with Crippen LogP contribution < -0.4 is 5.32 Å². The molecule has 0 bridgehead atoms. The predicted molar refractivity (Wildman–Crippen MR) is 97.1 cm³/mol. The van der Waals surface area contributed by atoms with Gasteiger partial charge in [-0.15, -0.1) is 11.8 Å². The fraction of sp³-hybridized carbons (Fsp3) is 0.444. The number of aryl methyl sites for hydroxylation is 1. The molecule has 0 spiro atoms. The number of carbonyl (C=O) groups excluding carboxylic acids is 1. The summed E-state index contributed by atoms with van der Waals surface area (Å²) in [5, 5.41) is 7.37. The van der Waals surface area contributed by atoms with Crippen molar-refractivity contribution in [2.45, 2.75) is 36.7 Å². The van der Waals surface area contributed by atoms with Gasteiger partial charge in [-0.05, 0) is 43.7 Å². The number of aromatic nitrogens is 2. The first-order chi connectivity index (χ1) is 11.6. The lowest BCUT2D eigenvalue weighted by molar-refractivity contribution is 0.189. The molecular weight excluding hydrogens is 320 g/mol. The maximum absolute atomic E-state index is 12.7. The molecule has 24 heavy (non-hydrogen) atoms. The molecule has 6 heteroatoms. The standard InChI is InChI=1S/C18H24N4OS/c1-13(14-6-8-16(24-3)9-7-14)20-18(23)22-10-4-5-17(22)15-11-19-21(2)12-15/h6-9,11-13,17H,4-5,10H2,1-3H3,(H,20,23)/t13-,17+/m1/s1. The number of hydrogen-bond donors (Lipinski definition) is 1. The Bertz CT molecular complexity index is 697. The van der Waals surface area contributed by atoms with Crippen LogP contribution in [0.25, 0.3) is 0 Å². The van der Waals surface area contributed by atoms with Crippen molar-refractivity contribution in [1.29, 1.82) is 0 Å². The zero-order valence-electron chi connectivity index (χ0n) is 14.4. The second-order valence-electron chi connectivity index (χ2n) is 6.24. The average molecular weight is 344 g/mol. The van der Waals surface area contributed by atoms with Gasteiger partial charge in [0.15, 0.2) is 0 Å². The predicted octanol–water partition coefficient (Wildman–Crippen LogP) is 3.75. The summed E-state index contributed by atoms with van der Waals surface area (Å²) in [5.74, 6) is 0. The van der Waals surface area contributed by atoms with Crippen LogP contribution in [0.2, 0.25) is 0 Å². The van der Waals surface area contributed by atoms with Gasteiger partial charge in [-0.25, -0.2) is 4.79 Å². The third-order valence-corrected chi connectivity index (χ3v) is 5.32. The summed E-state index contributed by atoms with van der Waals surface area (Å²) in [5.41, 5.74) is 2.24. The lowest BCUT2D eigenvalue weighted by Gasteiger charge is -2.26. The smallest absolute Gasteiger partial charge is 0.318 e. The first kappa shape index (κ1) is 16.9. The fourth-order valence-electron chi connectivity index (χ4n) is 3.21. The first-order valence-corrected chi connectivity index (χ1v) is 9.50. The van der Waals surface area contributed by atoms with E-state index in [1.165, 1.54) is 4.90 Å². The molecule has 2 amide bonds. The minimum Gasteiger partial charge on any atom is -0.331 e. The van der Waals surface area contributed by atoms with Crippen molar-refractivity contribution in [1.82, 2.24) is 20.0 Å². The highest BCUT2D eigenvalue weighted by Crippen LogP contribution is 2.32. The Hall–Kier alpha value is -1.95. The van der Waals surface area contributed by atoms with Crippen molar-refractivity contribution in [3.05, 3.63) is 47.8 Å². The van der Waals surface area contributed by atoms with Gasteiger partial charge in [-0.3, -0.25) is 4.68 Å². The van der Waals surface area contributed by atoms with Crippen molar-refractivity contribution in [2.75, 3.05) is 12.8 Å². The summed E-state index contributed by atoms with van der Waals surface area (Å²) in [4.78, 5) is 15.9. The summed E-state index contributed by atoms with van der Waals surface area (Å²) >= 11 is 1.72. The monoisotopic (exact) mass is 344 g/mol. The fourth-order valence-corrected chi connectivity index (χ4v) is 3.62. The molecule has 1 N–H and O–H groups in total. The molecule has 0 unspecified atom stereocenters. The van der Waals surface area contributed by atoms with Crippen LogP contribution >= 0.6 is 11.8 Å². The van der Waals surface area contributed by atoms with Crippen LogP contribution in [-0.2, 0) is 7.05 Å². The maximum Gasteiger partial charge on any atom is 0.318 e. The molecule has 2 atom stereocenters. The van der Waals surface area contributed by atoms with Gasteiger partial charge in [0.2, 0.25) is 0 Å². The lowest BCUT2D eigenvalue weighted by Crippen LogP contribution is -2.40. The van der Waals surface area contributed by atoms with Crippen LogP contribution in [0.15, 0.2) is 41.6 Å². The number of thioether (sulfide) groups is 1. The number of likely N-dealkylation sites (tertiary alicyclic amines) is 1. The van der Waals surface area contributed by atoms with Crippen LogP contribution in [0.3, 0.4) is 0 Å². The van der Waals surface area contributed by atoms with Gasteiger partial charge < -0.3 is 10.2 Å². The van der Waals surface area contributed by atoms with Gasteiger partial charge in [-0.2, -0.15) is 5.10 Å². The summed E-state index contributed by atoms with van der Waals surface area (Å²) < 4.78 is 1.79. The molecule has 5 nitrogen and oxygen atoms in total. The third kappa shape index (κ3) is 3.59. The minimum atomic E-state index is -0.0106. The highest BCUT2D eigenvalue weighted by atomic mass is 32.2. The molecule has 0 radical (unpaired) electrons. The Morgan fingerprint density at radius 3 is 2.75 bits per heavy atom. The van der Waals surface area contributed by atoms with Crippen molar-refractivity contribution in [3.8, 4) is 0 Å². The van der Waals surface area contributed by atoms with Crippen LogP contribution in [-0.4, -0.2) is 33.5 Å². The molecule has 1 fully saturated rings. The zero-order valence-corrected chi connectivity index (χ0v) is 15.2. The highest BCUT2D eigenvalue weighted by Gasteiger charge is 2.31. The minimum absolute atomic E-state index is 0.00259. The van der Waals surface area contributed by atoms with Crippen molar-refractivity contribution in [2.24, 2.45) is 7.05 Å². The third-order valence-electron chi connectivity index (χ3n) is 4.58. The molecule has 3 rings (SSSR count). The van der Waals surface area contributed by atoms with Crippen molar-refractivity contribution < 1.29 is 4.79 Å². The van der Waals surface area contributed by atoms with E-state index in [1.54, 1.807) is 16.4 Å². The van der Waals surface area contributed by atoms with E-state index in [4.69, 9.17) is 0 Å². The van der Waals surface area contributed by atoms with Gasteiger partial charge in [0.1, 0.15) is 0 Å². The second kappa shape index (κ2) is 7.30. The molecule has 1 aromatic heterocycles. The van der Waals surface area contributed by atoms with Crippen molar-refractivity contribution in [3.63, 3.8) is 0 Å². The van der Waals surface area contributed by atoms with E-state index in [9.17, 15) is 4.79 Å². The van der Waals surface area contributed by atoms with E-state index < -0.39 is 0 Å². The summed E-state index contributed by atoms with van der Waals surface area (Å²) in [6, 6.07) is 8.48. The summed E-state index contributed by atoms with van der Waals surface area (Å²) in [7, 11) is 1.91. The molecule has 2 aromatic rings. The maximum atomic E-state index is 12.7. The van der Waals surface area contributed by atoms with Crippen molar-refractivity contribution >= 4 is 17.8 Å². The number of urea groups is 1. The normalized spacial score (nSPS) is 18.6. The SMILES string of the molecule is CSc1ccc([C@@H](C)NC(=O)N2CCC[C@H]2c2cnn(C)c2)cc1. The number of amides is 2. The molecule has 1 aliphatic rings. The number of hydrogen-bond acceptors (Lipinski definition) is 3. The van der Waals surface area contributed by atoms with E-state index in [0.29, 0.717) is 0 Å². The topological polar surface area (TPSA) is 50.2 Å². The Balaban J connectivity index is 1.66. The van der Waals surface area contributed by atoms with Crippen LogP contribution in [0.4, 0.5) is 4.79 Å². The van der Waals surface area contributed by atoms with Gasteiger partial charge >= 0.3 is 6.03 Å². The molecule has 2 heterocycles. The van der Waals surface area contributed by atoms with E-state index in [0.717, 1.165) is 30.5 Å². The highest BCUT2D eigenvalue weighted by molar-refractivity contribution is 7.98. The van der Waals surface area contributed by atoms with E-state index in [1.807, 2.05) is 31.3 Å². The van der Waals surface area contributed by atoms with Gasteiger partial charge in [0.05, 0.1) is 18.3 Å². The Kier molecular flexibility index (Phi) is 5.14. The molecule has 1 aromatic carbocycles. The molecule has 1 aliphatic heterocycles. The lowest BCUT2D eigenvalue weighted by atomic mass is 10.1. The molecular formula is C18H24N4OS. The van der Waals surface area contributed by atoms with E-state index >= 15 is 0 Å². The Morgan fingerprint density at radius 1 is 1.38 bits per heavy atom. The number of benzene rings is 1. The number of rotatable bonds is 4. The quantitative estimate of drug-likeness (QED) is 0.860. The number of nitrogens with zero attached hydrogens (tertiary/aromatic N) is 3. The largest absolute Gasteiger partial charge is 0.331 e. The van der Waals surface area contributed by atoms with Gasteiger partial charge in [0, 0.05) is 30.2 Å². The van der Waals surface area contributed by atoms with E-state index in [-0.39, 0.29) is 18.1 Å². The van der Waals surface area contributed by atoms with Crippen LogP contribution in [0, 0.1) is 0 Å². The molecule has 0 saturated carbocycles. The van der Waals surface area contributed by atoms with Crippen LogP contribution in [0.5, 0.6) is 0 Å². The van der Waals surface area contributed by atoms with E-state index in [2.05, 4.69) is 40.9 Å². The van der Waals surface area contributed by atoms with Crippen LogP contribution in [0.1, 0.15) is 43.0 Å². The Labute approximate surface area is 147 Å². The van der Waals surface area contributed by atoms with Gasteiger partial charge in [-0.1, -0.05) is 12.1 Å². The number of carbonyl (C=O) groups is 1. The average Bonchev–Trinajstić information content (AvgIpc) is 3.23. The first-order valence-electron chi connectivity index (χ1n) is 8.28.